The Kier molecular flexibility index (Phi) is 18.2. The van der Waals surface area contributed by atoms with E-state index in [4.69, 9.17) is 17.0 Å². The van der Waals surface area contributed by atoms with E-state index in [1.807, 2.05) is 6.92 Å². The number of rotatable bonds is 2. The second-order valence-corrected chi connectivity index (χ2v) is 12.4. The molecule has 0 spiro atoms. The second kappa shape index (κ2) is 18.6. The summed E-state index contributed by atoms with van der Waals surface area (Å²) < 4.78 is 0. The Hall–Kier alpha value is -0.660. The van der Waals surface area contributed by atoms with Gasteiger partial charge >= 0.3 is 37.9 Å². The summed E-state index contributed by atoms with van der Waals surface area (Å²) in [5.41, 5.74) is 5.66. The van der Waals surface area contributed by atoms with Gasteiger partial charge in [0.1, 0.15) is 0 Å². The molecule has 185 valence electrons. The van der Waals surface area contributed by atoms with E-state index in [0.717, 1.165) is 6.42 Å². The zero-order chi connectivity index (χ0) is 26.3. The summed E-state index contributed by atoms with van der Waals surface area (Å²) in [6.07, 6.45) is 1.00. The average molecular weight is 591 g/mol. The first-order valence-electron chi connectivity index (χ1n) is 11.8. The Morgan fingerprint density at radius 2 is 1.09 bits per heavy atom. The molecule has 0 heterocycles. The normalized spacial score (nSPS) is 9.82. The third kappa shape index (κ3) is 10.9. The maximum absolute atomic E-state index is 4.93. The van der Waals surface area contributed by atoms with E-state index in [1.165, 1.54) is 43.8 Å². The topological polar surface area (TPSA) is 0 Å². The number of benzene rings is 2. The molecule has 4 heteroatoms. The van der Waals surface area contributed by atoms with Crippen molar-refractivity contribution in [3.05, 3.63) is 89.8 Å². The van der Waals surface area contributed by atoms with Gasteiger partial charge < -0.3 is 6.92 Å². The van der Waals surface area contributed by atoms with E-state index in [0.29, 0.717) is 11.8 Å². The van der Waals surface area contributed by atoms with Gasteiger partial charge in [-0.05, 0) is 11.8 Å². The van der Waals surface area contributed by atoms with Crippen LogP contribution in [0.1, 0.15) is 75.1 Å². The molecule has 0 aromatic heterocycles. The van der Waals surface area contributed by atoms with Gasteiger partial charge in [0.2, 0.25) is 0 Å². The summed E-state index contributed by atoms with van der Waals surface area (Å²) in [4.78, 5) is 0. The first-order chi connectivity index (χ1) is 16.2. The van der Waals surface area contributed by atoms with E-state index >= 15 is 0 Å². The second-order valence-electron chi connectivity index (χ2n) is 8.65. The fourth-order valence-corrected chi connectivity index (χ4v) is 3.82. The Morgan fingerprint density at radius 1 is 0.794 bits per heavy atom. The summed E-state index contributed by atoms with van der Waals surface area (Å²) in [6.45, 7) is 20.6. The van der Waals surface area contributed by atoms with Crippen molar-refractivity contribution in [2.75, 3.05) is 0 Å². The van der Waals surface area contributed by atoms with Crippen molar-refractivity contribution in [2.24, 2.45) is 0 Å². The average Bonchev–Trinajstić information content (AvgIpc) is 3.36. The first-order valence-corrected chi connectivity index (χ1v) is 19.1. The maximum atomic E-state index is 4.93. The third-order valence-electron chi connectivity index (χ3n) is 5.10. The Bertz CT molecular complexity index is 974. The molecule has 0 aliphatic rings. The third-order valence-corrected chi connectivity index (χ3v) is 5.10. The molecule has 0 aliphatic carbocycles. The van der Waals surface area contributed by atoms with Gasteiger partial charge in [-0.1, -0.05) is 78.3 Å². The summed E-state index contributed by atoms with van der Waals surface area (Å²) in [5, 5.41) is 5.61. The van der Waals surface area contributed by atoms with Crippen LogP contribution in [-0.4, -0.2) is 10.2 Å². The quantitative estimate of drug-likeness (QED) is 0.161. The molecule has 0 saturated carbocycles. The van der Waals surface area contributed by atoms with E-state index in [9.17, 15) is 0 Å². The van der Waals surface area contributed by atoms with Gasteiger partial charge in [0, 0.05) is 10.2 Å². The van der Waals surface area contributed by atoms with Crippen molar-refractivity contribution in [3.8, 4) is 0 Å². The van der Waals surface area contributed by atoms with Crippen LogP contribution >= 0.6 is 17.0 Å². The molecule has 4 aromatic rings. The summed E-state index contributed by atoms with van der Waals surface area (Å²) in [7, 11) is 12.8. The SMILES string of the molecule is C[Si].Cc1cc2c(C(C)C)cccc2[cH-]1.Cc1cc2c(C(C)C)cccc2[cH-]1.[CH2-]CC.[Cl][Zr][Cl]. The van der Waals surface area contributed by atoms with Gasteiger partial charge in [0.15, 0.2) is 0 Å². The van der Waals surface area contributed by atoms with Crippen molar-refractivity contribution in [1.82, 2.24) is 0 Å². The van der Waals surface area contributed by atoms with Gasteiger partial charge in [-0.25, -0.2) is 0 Å². The van der Waals surface area contributed by atoms with Crippen LogP contribution in [0, 0.1) is 20.8 Å². The molecule has 4 rings (SSSR count). The van der Waals surface area contributed by atoms with E-state index in [-0.39, 0.29) is 0 Å². The van der Waals surface area contributed by atoms with Crippen molar-refractivity contribution in [3.63, 3.8) is 0 Å². The molecule has 0 unspecified atom stereocenters. The summed E-state index contributed by atoms with van der Waals surface area (Å²) >= 11 is -0.826. The molecule has 0 fully saturated rings. The van der Waals surface area contributed by atoms with Gasteiger partial charge in [-0.3, -0.25) is 0 Å². The van der Waals surface area contributed by atoms with Crippen molar-refractivity contribution >= 4 is 48.8 Å². The predicted molar refractivity (Wildman–Crippen MR) is 156 cm³/mol. The van der Waals surface area contributed by atoms with Gasteiger partial charge in [-0.2, -0.15) is 18.6 Å². The van der Waals surface area contributed by atoms with E-state index in [1.54, 1.807) is 6.55 Å². The molecule has 4 aromatic carbocycles. The number of hydrogen-bond acceptors (Lipinski definition) is 0. The molecule has 0 N–H and O–H groups in total. The molecule has 0 bridgehead atoms. The summed E-state index contributed by atoms with van der Waals surface area (Å²) in [6, 6.07) is 22.2. The fraction of sp³-hybridized carbons (Fsp3) is 0.367. The Balaban J connectivity index is 0.000000493. The molecular weight excluding hydrogens is 551 g/mol. The molecule has 0 aliphatic heterocycles. The summed E-state index contributed by atoms with van der Waals surface area (Å²) in [5.74, 6) is 1.23. The predicted octanol–water partition coefficient (Wildman–Crippen LogP) is 10.8. The minimum atomic E-state index is -0.826. The van der Waals surface area contributed by atoms with Crippen LogP contribution in [0.3, 0.4) is 0 Å². The number of fused-ring (bicyclic) bond motifs is 2. The molecule has 0 nitrogen and oxygen atoms in total. The van der Waals surface area contributed by atoms with Crippen LogP contribution in [0.25, 0.3) is 21.5 Å². The number of hydrogen-bond donors (Lipinski definition) is 0. The fourth-order valence-electron chi connectivity index (χ4n) is 3.82. The molecule has 0 saturated heterocycles. The standard InChI is InChI=1S/2C13H15.C3H7.CH3Si.2ClH.Zr/c2*1-9(2)12-6-4-5-11-7-10(3)8-13(11)12;1-3-2;1-2;;;/h2*4-9H,1-3H3;1,3H2,2H3;1H3;2*1H;/q3*-1;;;;+2/p-2. The van der Waals surface area contributed by atoms with Gasteiger partial charge in [-0.15, -0.1) is 69.1 Å². The zero-order valence-electron chi connectivity index (χ0n) is 22.1. The Labute approximate surface area is 231 Å². The number of halogens is 2. The molecular formula is C30H40Cl2SiZr-3. The van der Waals surface area contributed by atoms with E-state index in [2.05, 4.69) is 119 Å². The molecule has 3 radical (unpaired) electrons. The van der Waals surface area contributed by atoms with Crippen LogP contribution in [0.2, 0.25) is 6.55 Å². The molecule has 0 atom stereocenters. The van der Waals surface area contributed by atoms with Gasteiger partial charge in [0.25, 0.3) is 0 Å². The van der Waals surface area contributed by atoms with Crippen LogP contribution in [0.4, 0.5) is 0 Å². The van der Waals surface area contributed by atoms with Crippen molar-refractivity contribution in [1.29, 1.82) is 0 Å². The van der Waals surface area contributed by atoms with Crippen LogP contribution in [-0.2, 0) is 20.8 Å². The van der Waals surface area contributed by atoms with Crippen LogP contribution < -0.4 is 0 Å². The van der Waals surface area contributed by atoms with Gasteiger partial charge in [0.05, 0.1) is 0 Å². The molecule has 0 amide bonds. The minimum absolute atomic E-state index is 0.616. The monoisotopic (exact) mass is 588 g/mol. The first kappa shape index (κ1) is 33.3. The van der Waals surface area contributed by atoms with Crippen LogP contribution in [0.5, 0.6) is 0 Å². The van der Waals surface area contributed by atoms with Crippen molar-refractivity contribution in [2.45, 2.75) is 73.3 Å². The number of aryl methyl sites for hydroxylation is 2. The zero-order valence-corrected chi connectivity index (χ0v) is 27.1. The van der Waals surface area contributed by atoms with Crippen molar-refractivity contribution < 1.29 is 20.8 Å². The Morgan fingerprint density at radius 3 is 1.35 bits per heavy atom. The van der Waals surface area contributed by atoms with Crippen LogP contribution in [0.15, 0.2) is 60.7 Å². The van der Waals surface area contributed by atoms with E-state index < -0.39 is 20.8 Å². The molecule has 34 heavy (non-hydrogen) atoms.